The van der Waals surface area contributed by atoms with Crippen molar-refractivity contribution in [1.29, 1.82) is 0 Å². The predicted octanol–water partition coefficient (Wildman–Crippen LogP) is 2.76. The van der Waals surface area contributed by atoms with Crippen LogP contribution in [0.5, 0.6) is 0 Å². The third-order valence-electron chi connectivity index (χ3n) is 4.10. The quantitative estimate of drug-likeness (QED) is 0.259. The number of anilines is 1. The van der Waals surface area contributed by atoms with Crippen molar-refractivity contribution in [2.75, 3.05) is 38.0 Å². The van der Waals surface area contributed by atoms with E-state index in [0.29, 0.717) is 5.75 Å². The number of primary amides is 1. The third-order valence-corrected chi connectivity index (χ3v) is 6.34. The van der Waals surface area contributed by atoms with Gasteiger partial charge in [-0.05, 0) is 36.8 Å². The zero-order valence-corrected chi connectivity index (χ0v) is 19.6. The van der Waals surface area contributed by atoms with Crippen molar-refractivity contribution in [1.82, 2.24) is 0 Å². The van der Waals surface area contributed by atoms with Crippen molar-refractivity contribution in [3.05, 3.63) is 46.1 Å². The van der Waals surface area contributed by atoms with Crippen LogP contribution in [-0.4, -0.2) is 56.4 Å². The van der Waals surface area contributed by atoms with Gasteiger partial charge in [0.2, 0.25) is 0 Å². The zero-order valence-electron chi connectivity index (χ0n) is 18.0. The Morgan fingerprint density at radius 2 is 1.82 bits per heavy atom. The summed E-state index contributed by atoms with van der Waals surface area (Å²) in [5.41, 5.74) is 5.62. The number of ether oxygens (including phenoxy) is 3. The summed E-state index contributed by atoms with van der Waals surface area (Å²) in [6.07, 6.45) is 0.0380. The minimum Gasteiger partial charge on any atom is -0.460 e. The van der Waals surface area contributed by atoms with Crippen molar-refractivity contribution in [3.63, 3.8) is 0 Å². The van der Waals surface area contributed by atoms with Crippen LogP contribution < -0.4 is 11.1 Å². The van der Waals surface area contributed by atoms with Gasteiger partial charge in [-0.25, -0.2) is 9.18 Å². The maximum Gasteiger partial charge on any atom is 0.341 e. The molecule has 2 rings (SSSR count). The minimum atomic E-state index is -0.756. The topological polar surface area (TPSA) is 134 Å². The van der Waals surface area contributed by atoms with E-state index in [4.69, 9.17) is 19.9 Å². The second-order valence-electron chi connectivity index (χ2n) is 6.51. The normalized spacial score (nSPS) is 10.5. The first-order chi connectivity index (χ1) is 15.7. The lowest BCUT2D eigenvalue weighted by atomic mass is 10.1. The molecule has 9 nitrogen and oxygen atoms in total. The van der Waals surface area contributed by atoms with Crippen LogP contribution in [0.1, 0.15) is 32.0 Å². The maximum absolute atomic E-state index is 12.9. The van der Waals surface area contributed by atoms with E-state index in [1.807, 2.05) is 0 Å². The predicted molar refractivity (Wildman–Crippen MR) is 121 cm³/mol. The molecule has 0 aliphatic heterocycles. The molecule has 178 valence electrons. The van der Waals surface area contributed by atoms with Gasteiger partial charge in [0.1, 0.15) is 17.4 Å². The van der Waals surface area contributed by atoms with Gasteiger partial charge in [0.25, 0.3) is 11.8 Å². The number of methoxy groups -OCH3 is 1. The lowest BCUT2D eigenvalue weighted by molar-refractivity contribution is -0.146. The Labute approximate surface area is 197 Å². The fraction of sp³-hybridized carbons (Fsp3) is 0.333. The summed E-state index contributed by atoms with van der Waals surface area (Å²) in [4.78, 5) is 49.1. The van der Waals surface area contributed by atoms with Crippen molar-refractivity contribution in [2.45, 2.75) is 18.2 Å². The highest BCUT2D eigenvalue weighted by atomic mass is 32.2. The number of nitrogens with one attached hydrogen (secondary N) is 1. The molecule has 0 saturated carbocycles. The molecule has 1 aromatic heterocycles. The first kappa shape index (κ1) is 26.3. The smallest absolute Gasteiger partial charge is 0.341 e. The fourth-order valence-corrected chi connectivity index (χ4v) is 4.43. The number of halogens is 1. The molecule has 0 radical (unpaired) electrons. The molecule has 0 aliphatic carbocycles. The number of carbonyl (C=O) groups is 4. The van der Waals surface area contributed by atoms with Crippen LogP contribution in [-0.2, 0) is 23.8 Å². The van der Waals surface area contributed by atoms with Gasteiger partial charge in [0.15, 0.2) is 6.61 Å². The number of amides is 2. The minimum absolute atomic E-state index is 0.000257. The van der Waals surface area contributed by atoms with Gasteiger partial charge in [-0.15, -0.1) is 23.1 Å². The number of hydrogen-bond donors (Lipinski definition) is 2. The van der Waals surface area contributed by atoms with E-state index >= 15 is 0 Å². The number of esters is 2. The SMILES string of the molecule is COCCOC(=O)c1c(NC(=O)COC(=O)CCSc2ccc(F)cc2)sc(C(N)=O)c1C. The van der Waals surface area contributed by atoms with E-state index in [0.717, 1.165) is 16.2 Å². The number of benzene rings is 1. The Kier molecular flexibility index (Phi) is 10.3. The van der Waals surface area contributed by atoms with Crippen LogP contribution >= 0.6 is 23.1 Å². The van der Waals surface area contributed by atoms with Gasteiger partial charge in [-0.1, -0.05) is 0 Å². The van der Waals surface area contributed by atoms with Crippen molar-refractivity contribution in [3.8, 4) is 0 Å². The van der Waals surface area contributed by atoms with Gasteiger partial charge < -0.3 is 25.3 Å². The Morgan fingerprint density at radius 3 is 2.45 bits per heavy atom. The summed E-state index contributed by atoms with van der Waals surface area (Å²) in [5, 5.41) is 2.53. The number of rotatable bonds is 12. The summed E-state index contributed by atoms with van der Waals surface area (Å²) in [6.45, 7) is 1.09. The largest absolute Gasteiger partial charge is 0.460 e. The highest BCUT2D eigenvalue weighted by Crippen LogP contribution is 2.33. The van der Waals surface area contributed by atoms with Gasteiger partial charge in [-0.3, -0.25) is 14.4 Å². The zero-order chi connectivity index (χ0) is 24.4. The molecule has 0 aliphatic rings. The molecule has 0 atom stereocenters. The second-order valence-corrected chi connectivity index (χ2v) is 8.70. The number of carbonyl (C=O) groups excluding carboxylic acids is 4. The fourth-order valence-electron chi connectivity index (χ4n) is 2.54. The van der Waals surface area contributed by atoms with E-state index < -0.39 is 30.4 Å². The first-order valence-electron chi connectivity index (χ1n) is 9.66. The summed E-state index contributed by atoms with van der Waals surface area (Å²) in [5.74, 6) is -2.76. The molecule has 1 heterocycles. The van der Waals surface area contributed by atoms with Gasteiger partial charge in [0, 0.05) is 17.8 Å². The molecular weight excluding hydrogens is 475 g/mol. The standard InChI is InChI=1S/C21H23FN2O7S2/c1-12-17(21(28)30-9-8-29-2)20(33-18(12)19(23)27)24-15(25)11-31-16(26)7-10-32-14-5-3-13(22)4-6-14/h3-6H,7-11H2,1-2H3,(H2,23,27)(H,24,25). The molecule has 2 aromatic rings. The van der Waals surface area contributed by atoms with Crippen molar-refractivity contribution in [2.24, 2.45) is 5.73 Å². The molecule has 33 heavy (non-hydrogen) atoms. The molecule has 2 amide bonds. The third kappa shape index (κ3) is 8.15. The Balaban J connectivity index is 1.90. The molecule has 0 spiro atoms. The Hall–Kier alpha value is -2.96. The summed E-state index contributed by atoms with van der Waals surface area (Å²) in [6, 6.07) is 5.84. The monoisotopic (exact) mass is 498 g/mol. The number of thioether (sulfide) groups is 1. The molecule has 3 N–H and O–H groups in total. The average Bonchev–Trinajstić information content (AvgIpc) is 3.09. The number of thiophene rings is 1. The summed E-state index contributed by atoms with van der Waals surface area (Å²) in [7, 11) is 1.45. The van der Waals surface area contributed by atoms with E-state index in [1.54, 1.807) is 12.1 Å². The number of hydrogen-bond acceptors (Lipinski definition) is 9. The van der Waals surface area contributed by atoms with Crippen LogP contribution in [0.3, 0.4) is 0 Å². The van der Waals surface area contributed by atoms with Gasteiger partial charge in [-0.2, -0.15) is 0 Å². The van der Waals surface area contributed by atoms with Gasteiger partial charge in [0.05, 0.1) is 23.5 Å². The van der Waals surface area contributed by atoms with Gasteiger partial charge >= 0.3 is 11.9 Å². The molecule has 0 unspecified atom stereocenters. The average molecular weight is 499 g/mol. The summed E-state index contributed by atoms with van der Waals surface area (Å²) >= 11 is 2.17. The number of nitrogens with two attached hydrogens (primary N) is 1. The second kappa shape index (κ2) is 12.9. The summed E-state index contributed by atoms with van der Waals surface area (Å²) < 4.78 is 27.8. The molecule has 1 aromatic carbocycles. The molecule has 0 saturated heterocycles. The lowest BCUT2D eigenvalue weighted by Crippen LogP contribution is -2.22. The van der Waals surface area contributed by atoms with Crippen molar-refractivity contribution >= 4 is 51.9 Å². The van der Waals surface area contributed by atoms with E-state index in [-0.39, 0.29) is 46.5 Å². The lowest BCUT2D eigenvalue weighted by Gasteiger charge is -2.08. The Morgan fingerprint density at radius 1 is 1.12 bits per heavy atom. The molecule has 0 bridgehead atoms. The van der Waals surface area contributed by atoms with E-state index in [9.17, 15) is 23.6 Å². The first-order valence-corrected chi connectivity index (χ1v) is 11.5. The maximum atomic E-state index is 12.9. The van der Waals surface area contributed by atoms with E-state index in [2.05, 4.69) is 5.32 Å². The highest BCUT2D eigenvalue weighted by molar-refractivity contribution is 7.99. The van der Waals surface area contributed by atoms with Crippen LogP contribution in [0.2, 0.25) is 0 Å². The molecule has 0 fully saturated rings. The van der Waals surface area contributed by atoms with Crippen LogP contribution in [0.25, 0.3) is 0 Å². The van der Waals surface area contributed by atoms with Crippen molar-refractivity contribution < 1.29 is 37.8 Å². The van der Waals surface area contributed by atoms with Crippen LogP contribution in [0.4, 0.5) is 9.39 Å². The van der Waals surface area contributed by atoms with Crippen LogP contribution in [0.15, 0.2) is 29.2 Å². The van der Waals surface area contributed by atoms with Crippen LogP contribution in [0, 0.1) is 12.7 Å². The Bertz CT molecular complexity index is 1010. The molecular formula is C21H23FN2O7S2. The molecule has 12 heteroatoms. The highest BCUT2D eigenvalue weighted by Gasteiger charge is 2.26. The van der Waals surface area contributed by atoms with E-state index in [1.165, 1.54) is 37.9 Å².